The van der Waals surface area contributed by atoms with Crippen LogP contribution in [0.5, 0.6) is 0 Å². The second-order valence-electron chi connectivity index (χ2n) is 5.14. The van der Waals surface area contributed by atoms with Crippen LogP contribution >= 0.6 is 0 Å². The lowest BCUT2D eigenvalue weighted by atomic mass is 10.1. The van der Waals surface area contributed by atoms with E-state index in [1.807, 2.05) is 0 Å². The highest BCUT2D eigenvalue weighted by Crippen LogP contribution is 2.31. The highest BCUT2D eigenvalue weighted by Gasteiger charge is 2.35. The van der Waals surface area contributed by atoms with Crippen molar-refractivity contribution in [3.63, 3.8) is 0 Å². The van der Waals surface area contributed by atoms with Crippen LogP contribution in [0.1, 0.15) is 26.3 Å². The van der Waals surface area contributed by atoms with Crippen LogP contribution in [0.3, 0.4) is 0 Å². The first-order chi connectivity index (χ1) is 11.8. The van der Waals surface area contributed by atoms with Crippen LogP contribution in [0.15, 0.2) is 48.8 Å². The Balaban J connectivity index is 1.99. The number of primary amides is 1. The Morgan fingerprint density at radius 1 is 1.04 bits per heavy atom. The number of amides is 2. The van der Waals surface area contributed by atoms with Crippen molar-refractivity contribution < 1.29 is 22.8 Å². The van der Waals surface area contributed by atoms with Crippen molar-refractivity contribution in [1.29, 1.82) is 0 Å². The van der Waals surface area contributed by atoms with Gasteiger partial charge in [0.1, 0.15) is 11.8 Å². The number of nitrogens with zero attached hydrogens (tertiary/aromatic N) is 2. The maximum atomic E-state index is 13.0. The number of aromatic nitrogens is 2. The summed E-state index contributed by atoms with van der Waals surface area (Å²) in [5, 5.41) is 0. The number of benzene rings is 2. The number of imidazole rings is 1. The van der Waals surface area contributed by atoms with Crippen molar-refractivity contribution in [2.75, 3.05) is 5.43 Å². The number of carbonyl (C=O) groups excluding carboxylic acids is 2. The van der Waals surface area contributed by atoms with Gasteiger partial charge in [-0.15, -0.1) is 0 Å². The highest BCUT2D eigenvalue weighted by atomic mass is 19.4. The van der Waals surface area contributed by atoms with Gasteiger partial charge < -0.3 is 5.73 Å². The number of fused-ring (bicyclic) bond motifs is 1. The molecule has 6 nitrogen and oxygen atoms in total. The van der Waals surface area contributed by atoms with Gasteiger partial charge in [-0.25, -0.2) is 9.66 Å². The lowest BCUT2D eigenvalue weighted by Crippen LogP contribution is -2.25. The summed E-state index contributed by atoms with van der Waals surface area (Å²) in [4.78, 5) is 27.7. The van der Waals surface area contributed by atoms with Crippen molar-refractivity contribution >= 4 is 22.8 Å². The van der Waals surface area contributed by atoms with E-state index < -0.39 is 29.1 Å². The molecule has 25 heavy (non-hydrogen) atoms. The van der Waals surface area contributed by atoms with E-state index in [-0.39, 0.29) is 11.1 Å². The Labute approximate surface area is 139 Å². The molecule has 3 rings (SSSR count). The Morgan fingerprint density at radius 3 is 2.40 bits per heavy atom. The molecule has 0 unspecified atom stereocenters. The molecule has 128 valence electrons. The zero-order chi connectivity index (χ0) is 18.2. The van der Waals surface area contributed by atoms with Crippen molar-refractivity contribution in [2.24, 2.45) is 5.73 Å². The molecule has 3 aromatic rings. The summed E-state index contributed by atoms with van der Waals surface area (Å²) in [7, 11) is 0. The number of nitrogens with one attached hydrogen (secondary N) is 1. The van der Waals surface area contributed by atoms with Crippen molar-refractivity contribution in [3.8, 4) is 0 Å². The van der Waals surface area contributed by atoms with E-state index in [1.165, 1.54) is 30.6 Å². The zero-order valence-electron chi connectivity index (χ0n) is 12.5. The molecule has 0 spiro atoms. The molecule has 1 heterocycles. The molecule has 2 amide bonds. The second-order valence-corrected chi connectivity index (χ2v) is 5.14. The van der Waals surface area contributed by atoms with Crippen molar-refractivity contribution in [3.05, 3.63) is 65.5 Å². The second kappa shape index (κ2) is 5.93. The molecule has 0 aliphatic rings. The predicted octanol–water partition coefficient (Wildman–Crippen LogP) is 2.54. The molecule has 0 radical (unpaired) electrons. The maximum Gasteiger partial charge on any atom is 0.417 e. The molecule has 0 saturated heterocycles. The first-order valence-corrected chi connectivity index (χ1v) is 7.02. The first-order valence-electron chi connectivity index (χ1n) is 7.02. The highest BCUT2D eigenvalue weighted by molar-refractivity contribution is 6.05. The molecule has 2 aromatic carbocycles. The van der Waals surface area contributed by atoms with Crippen LogP contribution in [0.2, 0.25) is 0 Å². The zero-order valence-corrected chi connectivity index (χ0v) is 12.5. The minimum absolute atomic E-state index is 0.140. The van der Waals surface area contributed by atoms with Gasteiger partial charge in [-0.3, -0.25) is 15.0 Å². The number of alkyl halides is 3. The van der Waals surface area contributed by atoms with Crippen LogP contribution < -0.4 is 11.2 Å². The third kappa shape index (κ3) is 3.03. The minimum Gasteiger partial charge on any atom is -0.366 e. The fourth-order valence-corrected chi connectivity index (χ4v) is 2.42. The van der Waals surface area contributed by atoms with Gasteiger partial charge in [-0.1, -0.05) is 18.2 Å². The lowest BCUT2D eigenvalue weighted by Gasteiger charge is -2.13. The van der Waals surface area contributed by atoms with Crippen LogP contribution in [0.25, 0.3) is 11.0 Å². The van der Waals surface area contributed by atoms with E-state index in [4.69, 9.17) is 5.73 Å². The van der Waals surface area contributed by atoms with Crippen molar-refractivity contribution in [2.45, 2.75) is 6.18 Å². The molecular weight excluding hydrogens is 337 g/mol. The monoisotopic (exact) mass is 348 g/mol. The average Bonchev–Trinajstić information content (AvgIpc) is 2.97. The minimum atomic E-state index is -4.66. The topological polar surface area (TPSA) is 90.0 Å². The Bertz CT molecular complexity index is 979. The van der Waals surface area contributed by atoms with Gasteiger partial charge in [0, 0.05) is 0 Å². The summed E-state index contributed by atoms with van der Waals surface area (Å²) >= 11 is 0. The molecule has 3 N–H and O–H groups in total. The molecule has 0 aliphatic heterocycles. The van der Waals surface area contributed by atoms with Gasteiger partial charge in [-0.2, -0.15) is 13.2 Å². The molecule has 1 aromatic heterocycles. The summed E-state index contributed by atoms with van der Waals surface area (Å²) in [5.41, 5.74) is 6.70. The quantitative estimate of drug-likeness (QED) is 0.762. The van der Waals surface area contributed by atoms with Gasteiger partial charge in [0.15, 0.2) is 0 Å². The summed E-state index contributed by atoms with van der Waals surface area (Å²) in [6.45, 7) is 0. The van der Waals surface area contributed by atoms with Gasteiger partial charge in [0.25, 0.3) is 11.8 Å². The summed E-state index contributed by atoms with van der Waals surface area (Å²) in [6, 6.07) is 8.97. The Hall–Kier alpha value is -3.36. The fraction of sp³-hybridized carbons (Fsp3) is 0.0625. The van der Waals surface area contributed by atoms with Gasteiger partial charge in [-0.05, 0) is 24.3 Å². The number of halogens is 3. The van der Waals surface area contributed by atoms with Crippen LogP contribution in [-0.2, 0) is 6.18 Å². The number of para-hydroxylation sites is 1. The largest absolute Gasteiger partial charge is 0.417 e. The third-order valence-corrected chi connectivity index (χ3v) is 3.54. The lowest BCUT2D eigenvalue weighted by molar-refractivity contribution is -0.137. The molecular formula is C16H11F3N4O2. The molecule has 0 aliphatic carbocycles. The molecule has 0 fully saturated rings. The van der Waals surface area contributed by atoms with E-state index in [2.05, 4.69) is 10.4 Å². The summed E-state index contributed by atoms with van der Waals surface area (Å²) in [6.07, 6.45) is -3.48. The fourth-order valence-electron chi connectivity index (χ4n) is 2.42. The molecule has 0 bridgehead atoms. The third-order valence-electron chi connectivity index (χ3n) is 3.54. The Kier molecular flexibility index (Phi) is 3.91. The number of rotatable bonds is 3. The maximum absolute atomic E-state index is 13.0. The molecule has 9 heteroatoms. The number of hydrogen-bond acceptors (Lipinski definition) is 3. The Morgan fingerprint density at radius 2 is 1.72 bits per heavy atom. The van der Waals surface area contributed by atoms with Gasteiger partial charge in [0.2, 0.25) is 0 Å². The average molecular weight is 348 g/mol. The normalized spacial score (nSPS) is 11.5. The summed E-state index contributed by atoms with van der Waals surface area (Å²) in [5.74, 6) is -1.67. The number of carbonyl (C=O) groups is 2. The van der Waals surface area contributed by atoms with Crippen LogP contribution in [0, 0.1) is 0 Å². The van der Waals surface area contributed by atoms with E-state index in [0.717, 1.165) is 16.8 Å². The van der Waals surface area contributed by atoms with Gasteiger partial charge >= 0.3 is 6.18 Å². The smallest absolute Gasteiger partial charge is 0.366 e. The SMILES string of the molecule is NC(=O)c1cccc2c1ncn2NC(=O)c1ccccc1C(F)(F)F. The van der Waals surface area contributed by atoms with Gasteiger partial charge in [0.05, 0.1) is 22.2 Å². The molecule has 0 atom stereocenters. The van der Waals surface area contributed by atoms with Crippen LogP contribution in [0.4, 0.5) is 13.2 Å². The van der Waals surface area contributed by atoms with E-state index in [0.29, 0.717) is 5.52 Å². The molecule has 0 saturated carbocycles. The van der Waals surface area contributed by atoms with E-state index >= 15 is 0 Å². The first kappa shape index (κ1) is 16.5. The standard InChI is InChI=1S/C16H11F3N4O2/c17-16(18,19)11-6-2-1-4-9(11)15(25)22-23-8-21-13-10(14(20)24)5-3-7-12(13)23/h1-8H,(H2,20,24)(H,22,25). The van der Waals surface area contributed by atoms with E-state index in [9.17, 15) is 22.8 Å². The number of hydrogen-bond donors (Lipinski definition) is 2. The number of nitrogens with two attached hydrogens (primary N) is 1. The van der Waals surface area contributed by atoms with Crippen LogP contribution in [-0.4, -0.2) is 21.5 Å². The predicted molar refractivity (Wildman–Crippen MR) is 83.4 cm³/mol. The van der Waals surface area contributed by atoms with Crippen molar-refractivity contribution in [1.82, 2.24) is 9.66 Å². The summed E-state index contributed by atoms with van der Waals surface area (Å²) < 4.78 is 40.2. The van der Waals surface area contributed by atoms with E-state index in [1.54, 1.807) is 6.07 Å².